The van der Waals surface area contributed by atoms with Crippen molar-refractivity contribution < 1.29 is 23.5 Å². The summed E-state index contributed by atoms with van der Waals surface area (Å²) >= 11 is 5.87. The Labute approximate surface area is 196 Å². The van der Waals surface area contributed by atoms with Crippen molar-refractivity contribution in [2.75, 3.05) is 6.61 Å². The Morgan fingerprint density at radius 3 is 2.36 bits per heavy atom. The van der Waals surface area contributed by atoms with Gasteiger partial charge in [-0.3, -0.25) is 4.79 Å². The number of esters is 1. The maximum Gasteiger partial charge on any atom is 0.347 e. The summed E-state index contributed by atoms with van der Waals surface area (Å²) in [6.45, 7) is 4.12. The van der Waals surface area contributed by atoms with Gasteiger partial charge in [-0.25, -0.2) is 4.79 Å². The first-order valence-electron chi connectivity index (χ1n) is 10.4. The lowest BCUT2D eigenvalue weighted by Gasteiger charge is -2.06. The van der Waals surface area contributed by atoms with Crippen LogP contribution in [0.2, 0.25) is 5.02 Å². The molecule has 3 aromatic carbocycles. The average molecular weight is 461 g/mol. The van der Waals surface area contributed by atoms with Gasteiger partial charge >= 0.3 is 5.97 Å². The minimum Gasteiger partial charge on any atom is -0.494 e. The summed E-state index contributed by atoms with van der Waals surface area (Å²) in [5, 5.41) is 1.26. The van der Waals surface area contributed by atoms with E-state index >= 15 is 0 Å². The maximum atomic E-state index is 12.9. The summed E-state index contributed by atoms with van der Waals surface area (Å²) in [6, 6.07) is 18.9. The van der Waals surface area contributed by atoms with Crippen LogP contribution in [0.3, 0.4) is 0 Å². The first kappa shape index (κ1) is 22.4. The van der Waals surface area contributed by atoms with Crippen LogP contribution < -0.4 is 9.47 Å². The van der Waals surface area contributed by atoms with Gasteiger partial charge in [0, 0.05) is 16.0 Å². The molecule has 0 fully saturated rings. The minimum atomic E-state index is -0.540. The number of ether oxygens (including phenoxy) is 2. The van der Waals surface area contributed by atoms with E-state index in [4.69, 9.17) is 25.5 Å². The van der Waals surface area contributed by atoms with Crippen molar-refractivity contribution in [3.8, 4) is 11.5 Å². The van der Waals surface area contributed by atoms with E-state index in [1.807, 2.05) is 19.1 Å². The summed E-state index contributed by atoms with van der Waals surface area (Å²) in [7, 11) is 0. The topological polar surface area (TPSA) is 65.7 Å². The molecule has 0 amide bonds. The number of ketones is 1. The van der Waals surface area contributed by atoms with Gasteiger partial charge in [0.2, 0.25) is 0 Å². The van der Waals surface area contributed by atoms with Gasteiger partial charge in [-0.2, -0.15) is 0 Å². The molecule has 5 nitrogen and oxygen atoms in total. The zero-order valence-electron chi connectivity index (χ0n) is 18.1. The molecule has 4 rings (SSSR count). The predicted molar refractivity (Wildman–Crippen MR) is 128 cm³/mol. The summed E-state index contributed by atoms with van der Waals surface area (Å²) < 4.78 is 16.8. The van der Waals surface area contributed by atoms with Crippen molar-refractivity contribution in [3.05, 3.63) is 100 Å². The molecule has 1 aromatic heterocycles. The summed E-state index contributed by atoms with van der Waals surface area (Å²) in [6.07, 6.45) is 3.21. The Hall–Kier alpha value is -3.83. The number of furan rings is 1. The fourth-order valence-corrected chi connectivity index (χ4v) is 3.52. The van der Waals surface area contributed by atoms with E-state index < -0.39 is 5.97 Å². The molecule has 33 heavy (non-hydrogen) atoms. The number of hydrogen-bond donors (Lipinski definition) is 0. The third-order valence-electron chi connectivity index (χ3n) is 5.00. The second-order valence-electron chi connectivity index (χ2n) is 7.29. The van der Waals surface area contributed by atoms with E-state index in [9.17, 15) is 9.59 Å². The van der Waals surface area contributed by atoms with Crippen LogP contribution in [-0.2, 0) is 0 Å². The Morgan fingerprint density at radius 2 is 1.67 bits per heavy atom. The fraction of sp³-hybridized carbons (Fsp3) is 0.111. The van der Waals surface area contributed by atoms with Crippen molar-refractivity contribution in [2.45, 2.75) is 13.8 Å². The lowest BCUT2D eigenvalue weighted by atomic mass is 10.1. The second-order valence-corrected chi connectivity index (χ2v) is 7.72. The Morgan fingerprint density at radius 1 is 0.970 bits per heavy atom. The number of carbonyl (C=O) groups is 2. The summed E-state index contributed by atoms with van der Waals surface area (Å²) in [4.78, 5) is 25.3. The van der Waals surface area contributed by atoms with E-state index in [0.29, 0.717) is 51.0 Å². The normalized spacial score (nSPS) is 11.1. The molecule has 0 aliphatic heterocycles. The molecular formula is C27H21ClO5. The van der Waals surface area contributed by atoms with Crippen LogP contribution in [0.1, 0.15) is 39.0 Å². The third kappa shape index (κ3) is 5.16. The number of benzene rings is 3. The highest BCUT2D eigenvalue weighted by Crippen LogP contribution is 2.30. The van der Waals surface area contributed by atoms with Crippen molar-refractivity contribution in [1.82, 2.24) is 0 Å². The molecule has 0 radical (unpaired) electrons. The van der Waals surface area contributed by atoms with E-state index in [1.54, 1.807) is 67.6 Å². The van der Waals surface area contributed by atoms with Crippen LogP contribution in [0.5, 0.6) is 11.5 Å². The molecule has 0 saturated heterocycles. The van der Waals surface area contributed by atoms with Crippen molar-refractivity contribution in [3.63, 3.8) is 0 Å². The molecule has 0 saturated carbocycles. The summed E-state index contributed by atoms with van der Waals surface area (Å²) in [5.41, 5.74) is 2.27. The molecular weight excluding hydrogens is 440 g/mol. The molecule has 6 heteroatoms. The highest BCUT2D eigenvalue weighted by Gasteiger charge is 2.21. The molecule has 1 heterocycles. The van der Waals surface area contributed by atoms with Crippen LogP contribution >= 0.6 is 11.6 Å². The number of fused-ring (bicyclic) bond motifs is 1. The number of hydrogen-bond acceptors (Lipinski definition) is 5. The molecule has 0 spiro atoms. The van der Waals surface area contributed by atoms with Crippen LogP contribution in [0.25, 0.3) is 17.0 Å². The zero-order valence-corrected chi connectivity index (χ0v) is 18.9. The van der Waals surface area contributed by atoms with Gasteiger partial charge in [0.05, 0.1) is 6.61 Å². The molecule has 0 aliphatic carbocycles. The van der Waals surface area contributed by atoms with Gasteiger partial charge in [-0.15, -0.1) is 0 Å². The van der Waals surface area contributed by atoms with Gasteiger partial charge in [0.1, 0.15) is 28.4 Å². The zero-order chi connectivity index (χ0) is 23.4. The minimum absolute atomic E-state index is 0.164. The van der Waals surface area contributed by atoms with E-state index in [-0.39, 0.29) is 5.78 Å². The van der Waals surface area contributed by atoms with E-state index in [0.717, 1.165) is 5.56 Å². The predicted octanol–water partition coefficient (Wildman–Crippen LogP) is 6.91. The molecule has 0 bridgehead atoms. The fourth-order valence-electron chi connectivity index (χ4n) is 3.40. The third-order valence-corrected chi connectivity index (χ3v) is 5.25. The largest absolute Gasteiger partial charge is 0.494 e. The van der Waals surface area contributed by atoms with E-state index in [2.05, 4.69) is 0 Å². The smallest absolute Gasteiger partial charge is 0.347 e. The summed E-state index contributed by atoms with van der Waals surface area (Å²) in [5.74, 6) is 0.731. The monoisotopic (exact) mass is 460 g/mol. The first-order chi connectivity index (χ1) is 15.9. The lowest BCUT2D eigenvalue weighted by Crippen LogP contribution is -2.09. The number of halogens is 1. The van der Waals surface area contributed by atoms with Gasteiger partial charge in [-0.1, -0.05) is 29.8 Å². The molecule has 166 valence electrons. The second kappa shape index (κ2) is 9.76. The van der Waals surface area contributed by atoms with Gasteiger partial charge < -0.3 is 13.9 Å². The number of carbonyl (C=O) groups excluding carboxylic acids is 2. The SMILES string of the molecule is CCOc1ccc2oc(C)c(C(=O)Oc3ccc(C(=O)/C=C/c4ccc(Cl)cc4)cc3)c2c1. The maximum absolute atomic E-state index is 12.9. The average Bonchev–Trinajstić information content (AvgIpc) is 3.14. The Bertz CT molecular complexity index is 1330. The lowest BCUT2D eigenvalue weighted by molar-refractivity contribution is 0.0734. The number of allylic oxidation sites excluding steroid dienone is 1. The standard InChI is InChI=1S/C27H21ClO5/c1-3-31-22-13-15-25-23(16-22)26(17(2)32-25)27(30)33-21-11-7-19(8-12-21)24(29)14-6-18-4-9-20(28)10-5-18/h4-16H,3H2,1-2H3/b14-6+. The highest BCUT2D eigenvalue weighted by atomic mass is 35.5. The van der Waals surface area contributed by atoms with Gasteiger partial charge in [-0.05, 0) is 80.1 Å². The number of rotatable bonds is 7. The van der Waals surface area contributed by atoms with Crippen LogP contribution in [-0.4, -0.2) is 18.4 Å². The number of aryl methyl sites for hydroxylation is 1. The van der Waals surface area contributed by atoms with Crippen molar-refractivity contribution in [2.24, 2.45) is 0 Å². The quantitative estimate of drug-likeness (QED) is 0.130. The van der Waals surface area contributed by atoms with Gasteiger partial charge in [0.15, 0.2) is 5.78 Å². The Kier molecular flexibility index (Phi) is 6.61. The van der Waals surface area contributed by atoms with Crippen molar-refractivity contribution >= 4 is 40.4 Å². The molecule has 0 unspecified atom stereocenters. The Balaban J connectivity index is 1.48. The van der Waals surface area contributed by atoms with Crippen LogP contribution in [0.15, 0.2) is 77.2 Å². The molecule has 0 aliphatic rings. The van der Waals surface area contributed by atoms with Crippen molar-refractivity contribution in [1.29, 1.82) is 0 Å². The molecule has 0 atom stereocenters. The van der Waals surface area contributed by atoms with Crippen LogP contribution in [0, 0.1) is 6.92 Å². The highest BCUT2D eigenvalue weighted by molar-refractivity contribution is 6.30. The van der Waals surface area contributed by atoms with E-state index in [1.165, 1.54) is 6.08 Å². The molecule has 0 N–H and O–H groups in total. The van der Waals surface area contributed by atoms with Crippen LogP contribution in [0.4, 0.5) is 0 Å². The molecule has 4 aromatic rings. The van der Waals surface area contributed by atoms with Gasteiger partial charge in [0.25, 0.3) is 0 Å². The first-order valence-corrected chi connectivity index (χ1v) is 10.8.